The maximum atomic E-state index is 5.99. The number of hydrogen-bond acceptors (Lipinski definition) is 6. The topological polar surface area (TPSA) is 37.4 Å². The first-order valence-electron chi connectivity index (χ1n) is 7.78. The molecule has 8 heteroatoms. The molecule has 2 aromatic rings. The molecule has 1 saturated heterocycles. The first kappa shape index (κ1) is 17.1. The van der Waals surface area contributed by atoms with E-state index in [-0.39, 0.29) is 5.92 Å². The molecule has 23 heavy (non-hydrogen) atoms. The summed E-state index contributed by atoms with van der Waals surface area (Å²) in [6.07, 6.45) is 0. The van der Waals surface area contributed by atoms with Gasteiger partial charge in [-0.1, -0.05) is 25.4 Å². The van der Waals surface area contributed by atoms with E-state index >= 15 is 0 Å². The van der Waals surface area contributed by atoms with E-state index in [2.05, 4.69) is 34.8 Å². The Balaban J connectivity index is 1.52. The molecule has 1 aliphatic heterocycles. The fourth-order valence-electron chi connectivity index (χ4n) is 2.58. The highest BCUT2D eigenvalue weighted by atomic mass is 35.5. The lowest BCUT2D eigenvalue weighted by molar-refractivity contribution is 0.0979. The molecule has 3 heterocycles. The van der Waals surface area contributed by atoms with Crippen LogP contribution < -0.4 is 0 Å². The van der Waals surface area contributed by atoms with Crippen molar-refractivity contribution < 1.29 is 4.42 Å². The second kappa shape index (κ2) is 7.44. The third-order valence-electron chi connectivity index (χ3n) is 3.92. The normalized spacial score (nSPS) is 17.2. The van der Waals surface area contributed by atoms with Crippen LogP contribution in [-0.4, -0.2) is 45.8 Å². The van der Waals surface area contributed by atoms with E-state index in [1.165, 1.54) is 4.88 Å². The minimum absolute atomic E-state index is 0.257. The van der Waals surface area contributed by atoms with E-state index < -0.39 is 0 Å². The maximum absolute atomic E-state index is 5.99. The van der Waals surface area contributed by atoms with Crippen LogP contribution in [0.5, 0.6) is 0 Å². The molecule has 0 saturated carbocycles. The van der Waals surface area contributed by atoms with Gasteiger partial charge in [0.2, 0.25) is 5.89 Å². The molecule has 0 unspecified atom stereocenters. The van der Waals surface area contributed by atoms with Crippen LogP contribution >= 0.6 is 35.2 Å². The molecule has 5 nitrogen and oxygen atoms in total. The summed E-state index contributed by atoms with van der Waals surface area (Å²) in [5.74, 6) is 0.968. The largest absolute Gasteiger partial charge is 0.414 e. The molecule has 0 N–H and O–H groups in total. The van der Waals surface area contributed by atoms with Crippen molar-refractivity contribution in [3.05, 3.63) is 32.1 Å². The third-order valence-corrected chi connectivity index (χ3v) is 5.43. The molecule has 0 aliphatic carbocycles. The van der Waals surface area contributed by atoms with Gasteiger partial charge < -0.3 is 4.42 Å². The van der Waals surface area contributed by atoms with E-state index in [1.54, 1.807) is 16.0 Å². The lowest BCUT2D eigenvalue weighted by Gasteiger charge is -2.34. The molecule has 3 rings (SSSR count). The zero-order valence-corrected chi connectivity index (χ0v) is 15.8. The summed E-state index contributed by atoms with van der Waals surface area (Å²) in [6, 6.07) is 4.08. The fraction of sp³-hybridized carbons (Fsp3) is 0.600. The average molecular weight is 373 g/mol. The van der Waals surface area contributed by atoms with E-state index in [0.717, 1.165) is 37.1 Å². The first-order valence-corrected chi connectivity index (χ1v) is 9.38. The van der Waals surface area contributed by atoms with Crippen LogP contribution in [0.1, 0.15) is 30.5 Å². The second-order valence-electron chi connectivity index (χ2n) is 6.10. The van der Waals surface area contributed by atoms with Crippen molar-refractivity contribution >= 4 is 35.2 Å². The Morgan fingerprint density at radius 3 is 2.52 bits per heavy atom. The van der Waals surface area contributed by atoms with Crippen molar-refractivity contribution in [2.24, 2.45) is 0 Å². The molecule has 0 aromatic carbocycles. The van der Waals surface area contributed by atoms with Gasteiger partial charge in [0.25, 0.3) is 4.84 Å². The number of thiophene rings is 1. The first-order chi connectivity index (χ1) is 11.0. The highest BCUT2D eigenvalue weighted by Crippen LogP contribution is 2.23. The van der Waals surface area contributed by atoms with Crippen molar-refractivity contribution in [3.8, 4) is 0 Å². The third kappa shape index (κ3) is 4.42. The quantitative estimate of drug-likeness (QED) is 0.746. The van der Waals surface area contributed by atoms with Crippen molar-refractivity contribution in [1.29, 1.82) is 0 Å². The summed E-state index contributed by atoms with van der Waals surface area (Å²) in [5, 5.41) is 4.47. The number of halogens is 1. The highest BCUT2D eigenvalue weighted by Gasteiger charge is 2.19. The summed E-state index contributed by atoms with van der Waals surface area (Å²) in [4.78, 5) is 6.61. The van der Waals surface area contributed by atoms with E-state index in [4.69, 9.17) is 28.2 Å². The SMILES string of the molecule is CC(C)c1nn(CN2CCN(Cc3ccc(Cl)s3)CC2)c(=S)o1. The van der Waals surface area contributed by atoms with Gasteiger partial charge in [-0.3, -0.25) is 9.80 Å². The Kier molecular flexibility index (Phi) is 5.53. The Bertz CT molecular complexity index is 700. The molecule has 0 spiro atoms. The Labute approximate surface area is 150 Å². The van der Waals surface area contributed by atoms with Gasteiger partial charge in [-0.25, -0.2) is 4.68 Å². The monoisotopic (exact) mass is 372 g/mol. The summed E-state index contributed by atoms with van der Waals surface area (Å²) in [7, 11) is 0. The lowest BCUT2D eigenvalue weighted by Crippen LogP contribution is -2.46. The predicted octanol–water partition coefficient (Wildman–Crippen LogP) is 3.82. The van der Waals surface area contributed by atoms with Gasteiger partial charge in [0, 0.05) is 43.5 Å². The number of nitrogens with zero attached hydrogens (tertiary/aromatic N) is 4. The van der Waals surface area contributed by atoms with Crippen molar-refractivity contribution in [2.45, 2.75) is 33.0 Å². The standard InChI is InChI=1S/C15H21ClN4OS2/c1-11(2)14-17-20(15(22)21-14)10-19-7-5-18(6-8-19)9-12-3-4-13(16)23-12/h3-4,11H,5-10H2,1-2H3. The Morgan fingerprint density at radius 1 is 1.26 bits per heavy atom. The van der Waals surface area contributed by atoms with Gasteiger partial charge >= 0.3 is 0 Å². The van der Waals surface area contributed by atoms with E-state index in [9.17, 15) is 0 Å². The van der Waals surface area contributed by atoms with Crippen LogP contribution in [0.25, 0.3) is 0 Å². The second-order valence-corrected chi connectivity index (χ2v) is 8.25. The molecule has 0 radical (unpaired) electrons. The molecule has 1 fully saturated rings. The highest BCUT2D eigenvalue weighted by molar-refractivity contribution is 7.71. The molecular formula is C15H21ClN4OS2. The van der Waals surface area contributed by atoms with E-state index in [1.807, 2.05) is 6.07 Å². The Hall–Kier alpha value is -0.730. The molecule has 0 atom stereocenters. The minimum Gasteiger partial charge on any atom is -0.414 e. The van der Waals surface area contributed by atoms with Crippen LogP contribution in [0.2, 0.25) is 4.34 Å². The number of aromatic nitrogens is 2. The number of hydrogen-bond donors (Lipinski definition) is 0. The van der Waals surface area contributed by atoms with Gasteiger partial charge in [-0.05, 0) is 24.4 Å². The van der Waals surface area contributed by atoms with Crippen molar-refractivity contribution in [2.75, 3.05) is 26.2 Å². The number of rotatable bonds is 5. The molecule has 2 aromatic heterocycles. The van der Waals surface area contributed by atoms with Crippen LogP contribution in [0.3, 0.4) is 0 Å². The fourth-order valence-corrected chi connectivity index (χ4v) is 3.89. The van der Waals surface area contributed by atoms with Gasteiger partial charge in [0.05, 0.1) is 11.0 Å². The van der Waals surface area contributed by atoms with Crippen molar-refractivity contribution in [1.82, 2.24) is 19.6 Å². The maximum Gasteiger partial charge on any atom is 0.288 e. The van der Waals surface area contributed by atoms with Crippen molar-refractivity contribution in [3.63, 3.8) is 0 Å². The van der Waals surface area contributed by atoms with Crippen LogP contribution in [-0.2, 0) is 13.2 Å². The van der Waals surface area contributed by atoms with Crippen LogP contribution in [0, 0.1) is 4.84 Å². The smallest absolute Gasteiger partial charge is 0.288 e. The molecule has 126 valence electrons. The summed E-state index contributed by atoms with van der Waals surface area (Å²) < 4.78 is 8.19. The summed E-state index contributed by atoms with van der Waals surface area (Å²) in [5.41, 5.74) is 0. The molecule has 1 aliphatic rings. The average Bonchev–Trinajstić information content (AvgIpc) is 3.08. The lowest BCUT2D eigenvalue weighted by atomic mass is 10.2. The van der Waals surface area contributed by atoms with Gasteiger partial charge in [0.15, 0.2) is 0 Å². The summed E-state index contributed by atoms with van der Waals surface area (Å²) >= 11 is 12.9. The molecular weight excluding hydrogens is 352 g/mol. The zero-order chi connectivity index (χ0) is 16.4. The minimum atomic E-state index is 0.257. The predicted molar refractivity (Wildman–Crippen MR) is 95.6 cm³/mol. The molecule has 0 amide bonds. The van der Waals surface area contributed by atoms with Gasteiger partial charge in [0.1, 0.15) is 0 Å². The van der Waals surface area contributed by atoms with Crippen LogP contribution in [0.4, 0.5) is 0 Å². The Morgan fingerprint density at radius 2 is 1.96 bits per heavy atom. The number of piperazine rings is 1. The van der Waals surface area contributed by atoms with Gasteiger partial charge in [-0.2, -0.15) is 0 Å². The molecule has 0 bridgehead atoms. The summed E-state index contributed by atoms with van der Waals surface area (Å²) in [6.45, 7) is 9.88. The van der Waals surface area contributed by atoms with Crippen LogP contribution in [0.15, 0.2) is 16.5 Å². The van der Waals surface area contributed by atoms with Gasteiger partial charge in [-0.15, -0.1) is 16.4 Å². The zero-order valence-electron chi connectivity index (χ0n) is 13.4. The van der Waals surface area contributed by atoms with E-state index in [0.29, 0.717) is 17.4 Å².